The molecule has 1 amide bonds. The predicted molar refractivity (Wildman–Crippen MR) is 102 cm³/mol. The topological polar surface area (TPSA) is 131 Å². The summed E-state index contributed by atoms with van der Waals surface area (Å²) in [6.45, 7) is 3.24. The fourth-order valence-corrected chi connectivity index (χ4v) is 2.85. The van der Waals surface area contributed by atoms with Crippen molar-refractivity contribution in [3.63, 3.8) is 0 Å². The van der Waals surface area contributed by atoms with Crippen molar-refractivity contribution in [1.29, 1.82) is 5.26 Å². The van der Waals surface area contributed by atoms with Crippen molar-refractivity contribution in [2.24, 2.45) is 0 Å². The zero-order valence-corrected chi connectivity index (χ0v) is 15.3. The number of nitrogens with one attached hydrogen (secondary N) is 4. The number of fused-ring (bicyclic) bond motifs is 1. The lowest BCUT2D eigenvalue weighted by atomic mass is 10.1. The Kier molecular flexibility index (Phi) is 4.25. The minimum atomic E-state index is -0.992. The minimum Gasteiger partial charge on any atom is -0.341 e. The first-order valence-corrected chi connectivity index (χ1v) is 8.68. The molecule has 1 unspecified atom stereocenters. The molecule has 28 heavy (non-hydrogen) atoms. The van der Waals surface area contributed by atoms with Gasteiger partial charge in [-0.15, -0.1) is 0 Å². The second kappa shape index (κ2) is 6.75. The summed E-state index contributed by atoms with van der Waals surface area (Å²) >= 11 is 0. The molecule has 0 bridgehead atoms. The van der Waals surface area contributed by atoms with E-state index in [0.29, 0.717) is 5.69 Å². The second-order valence-corrected chi connectivity index (χ2v) is 6.99. The molecule has 4 heterocycles. The highest BCUT2D eigenvalue weighted by molar-refractivity contribution is 5.93. The molecule has 9 heteroatoms. The maximum atomic E-state index is 12.4. The third-order valence-electron chi connectivity index (χ3n) is 4.31. The summed E-state index contributed by atoms with van der Waals surface area (Å²) in [6.07, 6.45) is 8.48. The van der Waals surface area contributed by atoms with Crippen LogP contribution in [0.15, 0.2) is 43.0 Å². The van der Waals surface area contributed by atoms with E-state index in [9.17, 15) is 4.79 Å². The number of nitriles is 1. The zero-order chi connectivity index (χ0) is 19.7. The van der Waals surface area contributed by atoms with Crippen LogP contribution in [0.5, 0.6) is 0 Å². The van der Waals surface area contributed by atoms with E-state index in [1.165, 1.54) is 6.20 Å². The van der Waals surface area contributed by atoms with Gasteiger partial charge >= 0.3 is 0 Å². The van der Waals surface area contributed by atoms with Crippen LogP contribution in [-0.4, -0.2) is 31.4 Å². The lowest BCUT2D eigenvalue weighted by molar-refractivity contribution is 0.0924. The van der Waals surface area contributed by atoms with Gasteiger partial charge in [-0.05, 0) is 32.1 Å². The van der Waals surface area contributed by atoms with Crippen molar-refractivity contribution >= 4 is 16.9 Å². The molecule has 0 aliphatic carbocycles. The highest BCUT2D eigenvalue weighted by Crippen LogP contribution is 2.25. The van der Waals surface area contributed by atoms with Crippen LogP contribution in [0, 0.1) is 11.3 Å². The summed E-state index contributed by atoms with van der Waals surface area (Å²) in [5.74, 6) is -0.453. The van der Waals surface area contributed by atoms with Gasteiger partial charge < -0.3 is 15.7 Å². The molecule has 140 valence electrons. The maximum Gasteiger partial charge on any atom is 0.272 e. The highest BCUT2D eigenvalue weighted by atomic mass is 16.2. The van der Waals surface area contributed by atoms with Gasteiger partial charge in [0.1, 0.15) is 16.9 Å². The van der Waals surface area contributed by atoms with Gasteiger partial charge in [-0.25, -0.2) is 15.4 Å². The van der Waals surface area contributed by atoms with Crippen LogP contribution in [0.4, 0.5) is 0 Å². The Labute approximate surface area is 160 Å². The zero-order valence-electron chi connectivity index (χ0n) is 15.3. The molecule has 1 atom stereocenters. The molecule has 0 spiro atoms. The molecule has 0 fully saturated rings. The number of hydrogen-bond donors (Lipinski definition) is 4. The van der Waals surface area contributed by atoms with E-state index in [4.69, 9.17) is 5.26 Å². The Balaban J connectivity index is 1.63. The first kappa shape index (κ1) is 17.6. The normalized spacial score (nSPS) is 16.0. The first-order chi connectivity index (χ1) is 13.4. The Morgan fingerprint density at radius 2 is 2.14 bits per heavy atom. The first-order valence-electron chi connectivity index (χ1n) is 8.68. The van der Waals surface area contributed by atoms with Crippen LogP contribution in [-0.2, 0) is 0 Å². The van der Waals surface area contributed by atoms with Crippen LogP contribution in [0.2, 0.25) is 0 Å². The number of H-pyrrole nitrogens is 1. The van der Waals surface area contributed by atoms with Gasteiger partial charge in [0.15, 0.2) is 0 Å². The van der Waals surface area contributed by atoms with Crippen molar-refractivity contribution in [2.75, 3.05) is 0 Å². The van der Waals surface area contributed by atoms with E-state index in [1.807, 2.05) is 30.5 Å². The van der Waals surface area contributed by atoms with Crippen LogP contribution < -0.4 is 16.2 Å². The summed E-state index contributed by atoms with van der Waals surface area (Å²) in [5.41, 5.74) is 8.22. The molecule has 1 aliphatic rings. The van der Waals surface area contributed by atoms with E-state index >= 15 is 0 Å². The summed E-state index contributed by atoms with van der Waals surface area (Å²) in [4.78, 5) is 28.6. The van der Waals surface area contributed by atoms with Gasteiger partial charge in [-0.2, -0.15) is 5.26 Å². The average Bonchev–Trinajstić information content (AvgIpc) is 3.36. The van der Waals surface area contributed by atoms with Gasteiger partial charge in [0.25, 0.3) is 5.91 Å². The fourth-order valence-electron chi connectivity index (χ4n) is 2.85. The number of aromatic nitrogens is 4. The van der Waals surface area contributed by atoms with E-state index < -0.39 is 11.4 Å². The maximum absolute atomic E-state index is 12.4. The van der Waals surface area contributed by atoms with Gasteiger partial charge in [0.05, 0.1) is 30.2 Å². The third-order valence-corrected chi connectivity index (χ3v) is 4.31. The largest absolute Gasteiger partial charge is 0.341 e. The molecule has 0 aromatic carbocycles. The highest BCUT2D eigenvalue weighted by Gasteiger charge is 2.21. The molecule has 1 aliphatic heterocycles. The fraction of sp³-hybridized carbons (Fsp3) is 0.211. The van der Waals surface area contributed by atoms with Gasteiger partial charge in [0, 0.05) is 29.0 Å². The molecular formula is C19H18N8O. The standard InChI is InChI=1S/C19H18N8O/c1-19(2,10-20)26-18(28)16-9-21-8-15(24-16)12-5-11-6-14(13-3-4-23-27-13)25-17(11)22-7-12/h3-9,13,23,27H,1-2H3,(H,22,25)(H,26,28). The van der Waals surface area contributed by atoms with Crippen LogP contribution in [0.3, 0.4) is 0 Å². The second-order valence-electron chi connectivity index (χ2n) is 6.99. The number of hydrogen-bond acceptors (Lipinski definition) is 7. The van der Waals surface area contributed by atoms with E-state index in [-0.39, 0.29) is 11.7 Å². The molecule has 3 aromatic rings. The monoisotopic (exact) mass is 374 g/mol. The molecular weight excluding hydrogens is 356 g/mol. The molecule has 3 aromatic heterocycles. The van der Waals surface area contributed by atoms with E-state index in [2.05, 4.69) is 36.1 Å². The molecule has 4 N–H and O–H groups in total. The molecule has 0 radical (unpaired) electrons. The smallest absolute Gasteiger partial charge is 0.272 e. The van der Waals surface area contributed by atoms with Crippen molar-refractivity contribution in [1.82, 2.24) is 36.1 Å². The Bertz CT molecular complexity index is 1120. The molecule has 4 rings (SSSR count). The summed E-state index contributed by atoms with van der Waals surface area (Å²) in [7, 11) is 0. The number of hydrazine groups is 1. The number of carbonyl (C=O) groups is 1. The predicted octanol–water partition coefficient (Wildman–Crippen LogP) is 1.71. The van der Waals surface area contributed by atoms with Crippen LogP contribution in [0.25, 0.3) is 22.3 Å². The number of pyridine rings is 1. The number of aromatic amines is 1. The molecule has 9 nitrogen and oxygen atoms in total. The number of carbonyl (C=O) groups excluding carboxylic acids is 1. The van der Waals surface area contributed by atoms with Crippen molar-refractivity contribution < 1.29 is 4.79 Å². The lowest BCUT2D eigenvalue weighted by Gasteiger charge is -2.16. The van der Waals surface area contributed by atoms with Crippen LogP contribution >= 0.6 is 0 Å². The third kappa shape index (κ3) is 3.41. The molecule has 0 saturated heterocycles. The van der Waals surface area contributed by atoms with Gasteiger partial charge in [0.2, 0.25) is 0 Å². The quantitative estimate of drug-likeness (QED) is 0.547. The average molecular weight is 374 g/mol. The number of nitrogens with zero attached hydrogens (tertiary/aromatic N) is 4. The van der Waals surface area contributed by atoms with Crippen molar-refractivity contribution in [2.45, 2.75) is 25.4 Å². The van der Waals surface area contributed by atoms with Gasteiger partial charge in [-0.3, -0.25) is 9.78 Å². The Morgan fingerprint density at radius 3 is 2.89 bits per heavy atom. The summed E-state index contributed by atoms with van der Waals surface area (Å²) < 4.78 is 0. The number of amides is 1. The minimum absolute atomic E-state index is 0.0490. The van der Waals surface area contributed by atoms with E-state index in [1.54, 1.807) is 26.2 Å². The lowest BCUT2D eigenvalue weighted by Crippen LogP contribution is -2.42. The van der Waals surface area contributed by atoms with Crippen molar-refractivity contribution in [3.05, 3.63) is 54.4 Å². The van der Waals surface area contributed by atoms with Crippen molar-refractivity contribution in [3.8, 4) is 17.3 Å². The SMILES string of the molecule is CC(C)(C#N)NC(=O)c1cncc(-c2cnc3[nH]c(C4C=CNN4)cc3c2)n1. The molecule has 0 saturated carbocycles. The Morgan fingerprint density at radius 1 is 1.29 bits per heavy atom. The summed E-state index contributed by atoms with van der Waals surface area (Å²) in [6, 6.07) is 6.03. The van der Waals surface area contributed by atoms with Gasteiger partial charge in [-0.1, -0.05) is 0 Å². The summed E-state index contributed by atoms with van der Waals surface area (Å²) in [5, 5.41) is 12.6. The van der Waals surface area contributed by atoms with E-state index in [0.717, 1.165) is 22.3 Å². The Hall–Kier alpha value is -3.77. The number of rotatable bonds is 4. The van der Waals surface area contributed by atoms with Crippen LogP contribution in [0.1, 0.15) is 36.1 Å².